The summed E-state index contributed by atoms with van der Waals surface area (Å²) in [7, 11) is 0. The lowest BCUT2D eigenvalue weighted by atomic mass is 9.59. The number of benzene rings is 2. The minimum Gasteiger partial charge on any atom is -0.508 e. The molecule has 3 aliphatic carbocycles. The number of fused-ring (bicyclic) bond motifs is 3. The van der Waals surface area contributed by atoms with Gasteiger partial charge >= 0.3 is 0 Å². The first-order valence-corrected chi connectivity index (χ1v) is 13.4. The molecular weight excluding hydrogens is 570 g/mol. The number of amides is 2. The fourth-order valence-electron chi connectivity index (χ4n) is 6.33. The van der Waals surface area contributed by atoms with Crippen molar-refractivity contribution in [3.8, 4) is 5.75 Å². The molecule has 8 heteroatoms. The summed E-state index contributed by atoms with van der Waals surface area (Å²) in [4.78, 5) is 55.2. The number of ketones is 2. The number of phenolic OH excluding ortho intramolecular Hbond substituents is 1. The molecule has 2 aromatic rings. The molecule has 0 bridgehead atoms. The van der Waals surface area contributed by atoms with Crippen LogP contribution in [0.3, 0.4) is 0 Å². The molecule has 0 spiro atoms. The summed E-state index contributed by atoms with van der Waals surface area (Å²) in [5.41, 5.74) is 3.07. The Balaban J connectivity index is 1.49. The van der Waals surface area contributed by atoms with E-state index in [0.29, 0.717) is 28.3 Å². The second-order valence-electron chi connectivity index (χ2n) is 9.90. The second-order valence-corrected chi connectivity index (χ2v) is 11.2. The molecule has 0 radical (unpaired) electrons. The van der Waals surface area contributed by atoms with Crippen LogP contribution in [0.4, 0.5) is 5.69 Å². The monoisotopic (exact) mass is 589 g/mol. The zero-order valence-corrected chi connectivity index (χ0v) is 22.3. The number of phenols is 1. The molecule has 190 valence electrons. The smallest absolute Gasteiger partial charge is 0.238 e. The molecule has 6 nitrogen and oxygen atoms in total. The van der Waals surface area contributed by atoms with E-state index < -0.39 is 23.7 Å². The maximum Gasteiger partial charge on any atom is 0.238 e. The first-order valence-electron chi connectivity index (χ1n) is 12.2. The van der Waals surface area contributed by atoms with Crippen molar-refractivity contribution >= 4 is 62.7 Å². The molecular formula is C30H21BrClNO5. The number of rotatable bonds is 3. The molecule has 1 aliphatic heterocycles. The minimum absolute atomic E-state index is 0.0680. The molecule has 1 fully saturated rings. The Bertz CT molecular complexity index is 1570. The van der Waals surface area contributed by atoms with Crippen LogP contribution in [0.15, 0.2) is 82.4 Å². The van der Waals surface area contributed by atoms with E-state index in [0.717, 1.165) is 11.1 Å². The van der Waals surface area contributed by atoms with Gasteiger partial charge in [0, 0.05) is 33.7 Å². The molecule has 0 saturated carbocycles. The number of hydrogen-bond donors (Lipinski definition) is 1. The van der Waals surface area contributed by atoms with Gasteiger partial charge in [-0.2, -0.15) is 0 Å². The van der Waals surface area contributed by atoms with Crippen LogP contribution in [0.2, 0.25) is 5.02 Å². The molecule has 2 aromatic carbocycles. The average Bonchev–Trinajstić information content (AvgIpc) is 3.17. The van der Waals surface area contributed by atoms with Crippen LogP contribution in [0, 0.1) is 17.8 Å². The third kappa shape index (κ3) is 3.60. The summed E-state index contributed by atoms with van der Waals surface area (Å²) >= 11 is 9.50. The van der Waals surface area contributed by atoms with Crippen LogP contribution in [0.1, 0.15) is 29.9 Å². The number of anilines is 1. The van der Waals surface area contributed by atoms with Crippen molar-refractivity contribution in [2.45, 2.75) is 18.8 Å². The number of halogens is 2. The third-order valence-corrected chi connectivity index (χ3v) is 8.84. The molecule has 38 heavy (non-hydrogen) atoms. The topological polar surface area (TPSA) is 91.8 Å². The van der Waals surface area contributed by atoms with Crippen molar-refractivity contribution in [2.75, 3.05) is 4.90 Å². The number of carbonyl (C=O) groups excluding carboxylic acids is 4. The fourth-order valence-corrected chi connectivity index (χ4v) is 6.96. The molecule has 4 unspecified atom stereocenters. The highest BCUT2D eigenvalue weighted by Crippen LogP contribution is 2.56. The van der Waals surface area contributed by atoms with Gasteiger partial charge in [-0.3, -0.25) is 24.1 Å². The Morgan fingerprint density at radius 1 is 1.03 bits per heavy atom. The zero-order valence-electron chi connectivity index (χ0n) is 20.0. The highest BCUT2D eigenvalue weighted by Gasteiger charge is 2.56. The summed E-state index contributed by atoms with van der Waals surface area (Å²) in [5, 5.41) is 11.2. The molecule has 4 atom stereocenters. The van der Waals surface area contributed by atoms with Gasteiger partial charge in [-0.05, 0) is 70.6 Å². The Hall–Kier alpha value is -3.55. The van der Waals surface area contributed by atoms with Gasteiger partial charge in [0.05, 0.1) is 22.0 Å². The molecule has 4 aliphatic rings. The average molecular weight is 591 g/mol. The van der Waals surface area contributed by atoms with Gasteiger partial charge in [-0.15, -0.1) is 0 Å². The van der Waals surface area contributed by atoms with E-state index in [1.807, 2.05) is 6.08 Å². The van der Waals surface area contributed by atoms with Gasteiger partial charge < -0.3 is 5.11 Å². The van der Waals surface area contributed by atoms with Crippen molar-refractivity contribution in [1.82, 2.24) is 0 Å². The van der Waals surface area contributed by atoms with Crippen LogP contribution in [-0.2, 0) is 19.2 Å². The summed E-state index contributed by atoms with van der Waals surface area (Å²) in [6.45, 7) is 3.74. The van der Waals surface area contributed by atoms with E-state index >= 15 is 0 Å². The predicted octanol–water partition coefficient (Wildman–Crippen LogP) is 5.66. The molecule has 6 rings (SSSR count). The van der Waals surface area contributed by atoms with E-state index in [9.17, 15) is 24.3 Å². The van der Waals surface area contributed by atoms with E-state index in [-0.39, 0.29) is 45.6 Å². The molecule has 0 aromatic heterocycles. The Morgan fingerprint density at radius 3 is 2.47 bits per heavy atom. The summed E-state index contributed by atoms with van der Waals surface area (Å²) < 4.78 is 0.146. The number of aromatic hydroxyl groups is 1. The Morgan fingerprint density at radius 2 is 1.76 bits per heavy atom. The maximum atomic E-state index is 13.9. The highest BCUT2D eigenvalue weighted by molar-refractivity contribution is 9.12. The van der Waals surface area contributed by atoms with Crippen molar-refractivity contribution in [2.24, 2.45) is 17.8 Å². The van der Waals surface area contributed by atoms with E-state index in [4.69, 9.17) is 11.6 Å². The first kappa shape index (κ1) is 24.8. The van der Waals surface area contributed by atoms with Gasteiger partial charge in [0.15, 0.2) is 11.6 Å². The number of Topliss-reactive ketones (excluding diaryl/α,β-unsaturated/α-hetero) is 1. The molecule has 1 N–H and O–H groups in total. The van der Waals surface area contributed by atoms with Gasteiger partial charge in [0.1, 0.15) is 5.75 Å². The minimum atomic E-state index is -0.763. The Labute approximate surface area is 232 Å². The number of hydrogen-bond acceptors (Lipinski definition) is 5. The van der Waals surface area contributed by atoms with Crippen molar-refractivity contribution in [1.29, 1.82) is 0 Å². The summed E-state index contributed by atoms with van der Waals surface area (Å²) in [6.07, 6.45) is 5.30. The lowest BCUT2D eigenvalue weighted by Crippen LogP contribution is -2.39. The number of nitrogens with zero attached hydrogens (tertiary/aromatic N) is 1. The standard InChI is InChI=1S/C30H21BrClNO5/c1-2-14-3-6-16(7-4-14)33-29(37)18-9-8-17-19(26(18)30(33)38)12-21-27(24(35)13-22(31)28(21)36)25(17)20-11-15(32)5-10-23(20)34/h2-8,10-11,13,18-19,25-26,34H,1,9,12H2. The number of carbonyl (C=O) groups is 4. The summed E-state index contributed by atoms with van der Waals surface area (Å²) in [5.74, 6) is -3.90. The van der Waals surface area contributed by atoms with Crippen LogP contribution in [0.25, 0.3) is 6.08 Å². The van der Waals surface area contributed by atoms with Gasteiger partial charge in [0.2, 0.25) is 11.8 Å². The summed E-state index contributed by atoms with van der Waals surface area (Å²) in [6, 6.07) is 11.6. The van der Waals surface area contributed by atoms with Crippen LogP contribution in [-0.4, -0.2) is 28.5 Å². The third-order valence-electron chi connectivity index (χ3n) is 8.02. The van der Waals surface area contributed by atoms with Crippen LogP contribution < -0.4 is 4.90 Å². The molecule has 2 amide bonds. The van der Waals surface area contributed by atoms with E-state index in [2.05, 4.69) is 22.5 Å². The first-order chi connectivity index (χ1) is 18.2. The molecule has 1 saturated heterocycles. The van der Waals surface area contributed by atoms with Gasteiger partial charge in [-0.25, -0.2) is 0 Å². The molecule has 1 heterocycles. The highest BCUT2D eigenvalue weighted by atomic mass is 79.9. The van der Waals surface area contributed by atoms with Crippen molar-refractivity contribution in [3.63, 3.8) is 0 Å². The lowest BCUT2D eigenvalue weighted by Gasteiger charge is -2.42. The Kier molecular flexibility index (Phi) is 5.89. The largest absolute Gasteiger partial charge is 0.508 e. The van der Waals surface area contributed by atoms with Crippen molar-refractivity contribution in [3.05, 3.63) is 98.5 Å². The predicted molar refractivity (Wildman–Crippen MR) is 147 cm³/mol. The SMILES string of the molecule is C=Cc1ccc(N2C(=O)C3CC=C4C(c5cc(Cl)ccc5O)C5=C(CC4C3C2=O)C(=O)C(Br)=CC5=O)cc1. The van der Waals surface area contributed by atoms with Gasteiger partial charge in [-0.1, -0.05) is 48.0 Å². The second kappa shape index (κ2) is 9.03. The van der Waals surface area contributed by atoms with E-state index in [1.54, 1.807) is 42.5 Å². The zero-order chi connectivity index (χ0) is 26.9. The van der Waals surface area contributed by atoms with E-state index in [1.165, 1.54) is 17.0 Å². The van der Waals surface area contributed by atoms with Crippen LogP contribution in [0.5, 0.6) is 5.75 Å². The van der Waals surface area contributed by atoms with Crippen LogP contribution >= 0.6 is 27.5 Å². The maximum absolute atomic E-state index is 13.9. The normalized spacial score (nSPS) is 26.5. The van der Waals surface area contributed by atoms with Crippen molar-refractivity contribution < 1.29 is 24.3 Å². The quantitative estimate of drug-likeness (QED) is 0.283. The number of imide groups is 1. The number of allylic oxidation sites excluding steroid dienone is 6. The lowest BCUT2D eigenvalue weighted by molar-refractivity contribution is -0.123. The van der Waals surface area contributed by atoms with Gasteiger partial charge in [0.25, 0.3) is 0 Å². The fraction of sp³-hybridized carbons (Fsp3) is 0.200.